The van der Waals surface area contributed by atoms with Gasteiger partial charge in [-0.3, -0.25) is 9.59 Å². The maximum absolute atomic E-state index is 13.8. The minimum atomic E-state index is -0.333. The van der Waals surface area contributed by atoms with E-state index in [4.69, 9.17) is 15.5 Å². The maximum Gasteiger partial charge on any atom is 0.254 e. The summed E-state index contributed by atoms with van der Waals surface area (Å²) in [5.74, 6) is 2.37. The number of hydrogen-bond acceptors (Lipinski definition) is 6. The third-order valence-electron chi connectivity index (χ3n) is 10.7. The quantitative estimate of drug-likeness (QED) is 0.227. The van der Waals surface area contributed by atoms with Gasteiger partial charge in [0.1, 0.15) is 17.0 Å². The number of imidazole rings is 1. The third kappa shape index (κ3) is 4.38. The van der Waals surface area contributed by atoms with E-state index in [1.165, 1.54) is 18.9 Å². The van der Waals surface area contributed by atoms with Crippen molar-refractivity contribution in [2.45, 2.75) is 44.3 Å². The molecule has 3 fully saturated rings. The molecule has 3 aromatic carbocycles. The summed E-state index contributed by atoms with van der Waals surface area (Å²) in [5.41, 5.74) is 12.9. The normalized spacial score (nSPS) is 20.7. The number of aromatic amines is 1. The number of hydrogen-bond donors (Lipinski definition) is 3. The van der Waals surface area contributed by atoms with E-state index < -0.39 is 0 Å². The zero-order valence-electron chi connectivity index (χ0n) is 26.4. The van der Waals surface area contributed by atoms with Crippen LogP contribution in [0.2, 0.25) is 0 Å². The van der Waals surface area contributed by atoms with Crippen LogP contribution in [-0.4, -0.2) is 60.8 Å². The number of pyridine rings is 1. The number of nitrogens with one attached hydrogen (secondary N) is 1. The number of aromatic hydroxyl groups is 1. The SMILES string of the molecule is COc1cc(C(=O)N2CC3CCC2[C@@H]3N)cc2nc(-c3cc4ccc(-c5ccc6[nH]c(=O)cc(O)c6c5)cc4n3CC3CC3)n(C)c12. The van der Waals surface area contributed by atoms with E-state index in [-0.39, 0.29) is 29.3 Å². The molecule has 3 aliphatic rings. The van der Waals surface area contributed by atoms with Crippen LogP contribution in [0.25, 0.3) is 55.5 Å². The van der Waals surface area contributed by atoms with E-state index in [2.05, 4.69) is 38.4 Å². The van der Waals surface area contributed by atoms with Crippen molar-refractivity contribution in [2.75, 3.05) is 13.7 Å². The molecule has 2 saturated carbocycles. The Morgan fingerprint density at radius 3 is 2.60 bits per heavy atom. The molecule has 0 spiro atoms. The fourth-order valence-corrected chi connectivity index (χ4v) is 8.06. The highest BCUT2D eigenvalue weighted by atomic mass is 16.5. The lowest BCUT2D eigenvalue weighted by atomic mass is 10.0. The van der Waals surface area contributed by atoms with Crippen molar-refractivity contribution in [1.82, 2.24) is 24.0 Å². The third-order valence-corrected chi connectivity index (χ3v) is 10.7. The fraction of sp³-hybridized carbons (Fsp3) is 0.324. The van der Waals surface area contributed by atoms with Crippen LogP contribution in [0.4, 0.5) is 0 Å². The molecule has 1 amide bonds. The number of nitrogens with two attached hydrogens (primary N) is 1. The average molecular weight is 629 g/mol. The largest absolute Gasteiger partial charge is 0.507 e. The van der Waals surface area contributed by atoms with Crippen LogP contribution in [0.3, 0.4) is 0 Å². The molecular weight excluding hydrogens is 592 g/mol. The van der Waals surface area contributed by atoms with Crippen molar-refractivity contribution in [1.29, 1.82) is 0 Å². The Labute approximate surface area is 270 Å². The number of aromatic nitrogens is 4. The zero-order valence-corrected chi connectivity index (χ0v) is 26.4. The van der Waals surface area contributed by atoms with Crippen LogP contribution in [-0.2, 0) is 13.6 Å². The molecule has 1 aliphatic heterocycles. The van der Waals surface area contributed by atoms with Crippen LogP contribution in [0.1, 0.15) is 36.0 Å². The first-order chi connectivity index (χ1) is 22.8. The number of nitrogens with zero attached hydrogens (tertiary/aromatic N) is 4. The first-order valence-electron chi connectivity index (χ1n) is 16.4. The molecular formula is C37H36N6O4. The highest BCUT2D eigenvalue weighted by molar-refractivity contribution is 6.01. The van der Waals surface area contributed by atoms with Crippen LogP contribution in [0.15, 0.2) is 65.5 Å². The first-order valence-corrected chi connectivity index (χ1v) is 16.4. The highest BCUT2D eigenvalue weighted by Crippen LogP contribution is 2.41. The molecule has 0 radical (unpaired) electrons. The molecule has 238 valence electrons. The summed E-state index contributed by atoms with van der Waals surface area (Å²) in [6, 6.07) is 19.4. The van der Waals surface area contributed by atoms with E-state index in [1.807, 2.05) is 42.3 Å². The van der Waals surface area contributed by atoms with E-state index in [0.29, 0.717) is 40.6 Å². The molecule has 1 saturated heterocycles. The fourth-order valence-electron chi connectivity index (χ4n) is 8.06. The smallest absolute Gasteiger partial charge is 0.254 e. The van der Waals surface area contributed by atoms with E-state index >= 15 is 0 Å². The van der Waals surface area contributed by atoms with Gasteiger partial charge in [-0.1, -0.05) is 18.2 Å². The van der Waals surface area contributed by atoms with Crippen LogP contribution >= 0.6 is 0 Å². The molecule has 3 atom stereocenters. The van der Waals surface area contributed by atoms with Crippen molar-refractivity contribution in [3.8, 4) is 34.1 Å². The number of piperidine rings is 1. The lowest BCUT2D eigenvalue weighted by Crippen LogP contribution is -2.41. The monoisotopic (exact) mass is 628 g/mol. The molecule has 10 heteroatoms. The lowest BCUT2D eigenvalue weighted by Gasteiger charge is -2.27. The van der Waals surface area contributed by atoms with Gasteiger partial charge in [-0.15, -0.1) is 0 Å². The number of methoxy groups -OCH3 is 1. The molecule has 2 unspecified atom stereocenters. The Hall–Kier alpha value is -5.09. The number of carbonyl (C=O) groups is 1. The first kappa shape index (κ1) is 28.2. The number of carbonyl (C=O) groups excluding carboxylic acids is 1. The predicted octanol–water partition coefficient (Wildman–Crippen LogP) is 5.39. The minimum Gasteiger partial charge on any atom is -0.507 e. The predicted molar refractivity (Wildman–Crippen MR) is 182 cm³/mol. The van der Waals surface area contributed by atoms with E-state index in [9.17, 15) is 14.7 Å². The minimum absolute atomic E-state index is 0.0104. The van der Waals surface area contributed by atoms with Gasteiger partial charge < -0.3 is 34.6 Å². The summed E-state index contributed by atoms with van der Waals surface area (Å²) in [7, 11) is 3.64. The number of amides is 1. The lowest BCUT2D eigenvalue weighted by molar-refractivity contribution is 0.0700. The topological polar surface area (TPSA) is 131 Å². The van der Waals surface area contributed by atoms with Gasteiger partial charge in [0.2, 0.25) is 0 Å². The molecule has 4 N–H and O–H groups in total. The molecule has 4 heterocycles. The van der Waals surface area contributed by atoms with E-state index in [0.717, 1.165) is 64.0 Å². The molecule has 47 heavy (non-hydrogen) atoms. The molecule has 2 aliphatic carbocycles. The summed E-state index contributed by atoms with van der Waals surface area (Å²) >= 11 is 0. The maximum atomic E-state index is 13.8. The number of H-pyrrole nitrogens is 1. The second kappa shape index (κ2) is 10.2. The highest BCUT2D eigenvalue weighted by Gasteiger charge is 2.47. The van der Waals surface area contributed by atoms with Crippen molar-refractivity contribution >= 4 is 38.7 Å². The van der Waals surface area contributed by atoms with Crippen molar-refractivity contribution in [2.24, 2.45) is 24.6 Å². The Morgan fingerprint density at radius 1 is 1.04 bits per heavy atom. The molecule has 9 rings (SSSR count). The number of rotatable bonds is 6. The molecule has 6 aromatic rings. The van der Waals surface area contributed by atoms with Gasteiger partial charge in [0.15, 0.2) is 5.82 Å². The second-order valence-corrected chi connectivity index (χ2v) is 13.6. The van der Waals surface area contributed by atoms with Gasteiger partial charge in [0, 0.05) is 60.1 Å². The van der Waals surface area contributed by atoms with Gasteiger partial charge in [0.05, 0.1) is 23.8 Å². The number of aryl methyl sites for hydroxylation is 1. The Kier molecular flexibility index (Phi) is 6.11. The molecule has 3 aromatic heterocycles. The van der Waals surface area contributed by atoms with E-state index in [1.54, 1.807) is 7.11 Å². The van der Waals surface area contributed by atoms with Crippen molar-refractivity contribution in [3.05, 3.63) is 76.6 Å². The van der Waals surface area contributed by atoms with Crippen LogP contribution in [0.5, 0.6) is 11.5 Å². The van der Waals surface area contributed by atoms with Gasteiger partial charge in [-0.25, -0.2) is 4.98 Å². The number of likely N-dealkylation sites (tertiary alicyclic amines) is 1. The summed E-state index contributed by atoms with van der Waals surface area (Å²) in [4.78, 5) is 35.5. The van der Waals surface area contributed by atoms with Crippen LogP contribution in [0, 0.1) is 11.8 Å². The van der Waals surface area contributed by atoms with Crippen LogP contribution < -0.4 is 16.0 Å². The number of benzene rings is 3. The van der Waals surface area contributed by atoms with Crippen molar-refractivity contribution in [3.63, 3.8) is 0 Å². The summed E-state index contributed by atoms with van der Waals surface area (Å²) in [6.07, 6.45) is 4.45. The standard InChI is InChI=1S/C37H36N6O4/c1-41-35-27(12-24(15-32(35)47-2)37(46)43-18-23-8-10-28(43)34(23)38)40-36(41)30-14-22-6-5-21(13-29(22)42(30)17-19-3-4-19)20-7-9-26-25(11-20)31(44)16-33(45)39-26/h5-7,9,11-16,19,23,28,34H,3-4,8,10,17-18,38H2,1-2H3,(H2,39,44,45)/t23?,28?,34-/m1/s1. The van der Waals surface area contributed by atoms with Crippen molar-refractivity contribution < 1.29 is 14.6 Å². The van der Waals surface area contributed by atoms with Gasteiger partial charge in [0.25, 0.3) is 11.5 Å². The Balaban J connectivity index is 1.15. The summed E-state index contributed by atoms with van der Waals surface area (Å²) in [5, 5.41) is 12.2. The average Bonchev–Trinajstić information content (AvgIpc) is 3.47. The summed E-state index contributed by atoms with van der Waals surface area (Å²) in [6.45, 7) is 1.59. The number of ether oxygens (including phenoxy) is 1. The Morgan fingerprint density at radius 2 is 1.85 bits per heavy atom. The molecule has 10 nitrogen and oxygen atoms in total. The second-order valence-electron chi connectivity index (χ2n) is 13.6. The zero-order chi connectivity index (χ0) is 32.1. The summed E-state index contributed by atoms with van der Waals surface area (Å²) < 4.78 is 10.3. The Bertz CT molecular complexity index is 2330. The molecule has 2 bridgehead atoms. The van der Waals surface area contributed by atoms with Gasteiger partial charge in [-0.05, 0) is 85.0 Å². The van der Waals surface area contributed by atoms with Gasteiger partial charge >= 0.3 is 0 Å². The number of fused-ring (bicyclic) bond motifs is 5. The van der Waals surface area contributed by atoms with Gasteiger partial charge in [-0.2, -0.15) is 0 Å².